The highest BCUT2D eigenvalue weighted by atomic mass is 16.6. The Hall–Kier alpha value is -1.91. The van der Waals surface area contributed by atoms with E-state index in [0.717, 1.165) is 12.8 Å². The molecule has 1 heterocycles. The maximum atomic E-state index is 12.2. The molecule has 1 rings (SSSR count). The average molecular weight is 293 g/mol. The van der Waals surface area contributed by atoms with Gasteiger partial charge in [-0.05, 0) is 25.8 Å². The first-order valence-electron chi connectivity index (χ1n) is 7.38. The molecule has 2 unspecified atom stereocenters. The van der Waals surface area contributed by atoms with Crippen LogP contribution in [-0.4, -0.2) is 23.0 Å². The van der Waals surface area contributed by atoms with E-state index >= 15 is 0 Å². The predicted octanol–water partition coefficient (Wildman–Crippen LogP) is 3.20. The molecule has 0 saturated heterocycles. The normalized spacial score (nSPS) is 13.3. The zero-order valence-electron chi connectivity index (χ0n) is 12.9. The molecule has 0 radical (unpaired) electrons. The van der Waals surface area contributed by atoms with Crippen molar-refractivity contribution in [3.63, 3.8) is 0 Å². The number of carbonyl (C=O) groups is 2. The van der Waals surface area contributed by atoms with Crippen LogP contribution in [0.15, 0.2) is 24.5 Å². The van der Waals surface area contributed by atoms with Crippen LogP contribution in [0.3, 0.4) is 0 Å². The van der Waals surface area contributed by atoms with Crippen molar-refractivity contribution in [2.24, 2.45) is 0 Å². The van der Waals surface area contributed by atoms with E-state index in [0.29, 0.717) is 18.4 Å². The zero-order chi connectivity index (χ0) is 15.7. The Morgan fingerprint density at radius 1 is 1.29 bits per heavy atom. The molecule has 0 amide bonds. The van der Waals surface area contributed by atoms with Crippen LogP contribution in [0.2, 0.25) is 0 Å². The monoisotopic (exact) mass is 293 g/mol. The van der Waals surface area contributed by atoms with Gasteiger partial charge in [-0.15, -0.1) is 0 Å². The Labute approximate surface area is 125 Å². The van der Waals surface area contributed by atoms with Crippen molar-refractivity contribution in [2.75, 3.05) is 0 Å². The van der Waals surface area contributed by atoms with Crippen LogP contribution < -0.4 is 0 Å². The minimum absolute atomic E-state index is 0.217. The fourth-order valence-electron chi connectivity index (χ4n) is 1.64. The Bertz CT molecular complexity index is 447. The van der Waals surface area contributed by atoms with Crippen LogP contribution in [0.4, 0.5) is 0 Å². The van der Waals surface area contributed by atoms with Crippen LogP contribution in [0.5, 0.6) is 0 Å². The molecule has 0 aliphatic heterocycles. The summed E-state index contributed by atoms with van der Waals surface area (Å²) >= 11 is 0. The van der Waals surface area contributed by atoms with Gasteiger partial charge in [0.2, 0.25) is 6.10 Å². The predicted molar refractivity (Wildman–Crippen MR) is 78.4 cm³/mol. The molecule has 0 bridgehead atoms. The van der Waals surface area contributed by atoms with Crippen molar-refractivity contribution in [1.29, 1.82) is 0 Å². The Kier molecular flexibility index (Phi) is 7.43. The van der Waals surface area contributed by atoms with Gasteiger partial charge in [-0.2, -0.15) is 0 Å². The largest absolute Gasteiger partial charge is 0.460 e. The Balaban J connectivity index is 2.80. The SMILES string of the molecule is CCCCC(=O)OC(C(=O)OC(C)CC)c1cccnc1. The van der Waals surface area contributed by atoms with Crippen LogP contribution in [0, 0.1) is 0 Å². The molecule has 5 nitrogen and oxygen atoms in total. The molecule has 0 aliphatic rings. The molecule has 0 fully saturated rings. The van der Waals surface area contributed by atoms with E-state index in [1.54, 1.807) is 25.3 Å². The van der Waals surface area contributed by atoms with E-state index in [9.17, 15) is 9.59 Å². The van der Waals surface area contributed by atoms with Gasteiger partial charge in [0, 0.05) is 24.4 Å². The van der Waals surface area contributed by atoms with Gasteiger partial charge in [0.1, 0.15) is 0 Å². The maximum absolute atomic E-state index is 12.2. The summed E-state index contributed by atoms with van der Waals surface area (Å²) in [7, 11) is 0. The zero-order valence-corrected chi connectivity index (χ0v) is 12.9. The number of hydrogen-bond donors (Lipinski definition) is 0. The van der Waals surface area contributed by atoms with Gasteiger partial charge in [0.15, 0.2) is 0 Å². The second-order valence-corrected chi connectivity index (χ2v) is 4.92. The number of ether oxygens (including phenoxy) is 2. The number of pyridine rings is 1. The summed E-state index contributed by atoms with van der Waals surface area (Å²) < 4.78 is 10.6. The average Bonchev–Trinajstić information content (AvgIpc) is 2.51. The minimum Gasteiger partial charge on any atom is -0.460 e. The Morgan fingerprint density at radius 2 is 2.05 bits per heavy atom. The van der Waals surface area contributed by atoms with E-state index in [1.807, 2.05) is 13.8 Å². The first kappa shape index (κ1) is 17.1. The van der Waals surface area contributed by atoms with Crippen LogP contribution in [0.1, 0.15) is 58.1 Å². The Morgan fingerprint density at radius 3 is 2.62 bits per heavy atom. The highest BCUT2D eigenvalue weighted by Gasteiger charge is 2.27. The summed E-state index contributed by atoms with van der Waals surface area (Å²) in [5.41, 5.74) is 0.524. The summed E-state index contributed by atoms with van der Waals surface area (Å²) in [5, 5.41) is 0. The van der Waals surface area contributed by atoms with Crippen molar-refractivity contribution in [3.8, 4) is 0 Å². The van der Waals surface area contributed by atoms with E-state index < -0.39 is 18.0 Å². The van der Waals surface area contributed by atoms with E-state index in [2.05, 4.69) is 4.98 Å². The molecule has 5 heteroatoms. The van der Waals surface area contributed by atoms with Gasteiger partial charge in [-0.25, -0.2) is 4.79 Å². The molecule has 0 saturated carbocycles. The fourth-order valence-corrected chi connectivity index (χ4v) is 1.64. The number of unbranched alkanes of at least 4 members (excludes halogenated alkanes) is 1. The van der Waals surface area contributed by atoms with Gasteiger partial charge < -0.3 is 9.47 Å². The summed E-state index contributed by atoms with van der Waals surface area (Å²) in [4.78, 5) is 27.9. The van der Waals surface area contributed by atoms with Gasteiger partial charge in [0.05, 0.1) is 6.10 Å². The smallest absolute Gasteiger partial charge is 0.352 e. The molecule has 116 valence electrons. The molecule has 0 aromatic carbocycles. The molecule has 0 spiro atoms. The molecule has 1 aromatic heterocycles. The number of rotatable bonds is 8. The lowest BCUT2D eigenvalue weighted by atomic mass is 10.1. The third-order valence-electron chi connectivity index (χ3n) is 3.08. The third kappa shape index (κ3) is 5.94. The first-order chi connectivity index (χ1) is 10.1. The molecule has 2 atom stereocenters. The van der Waals surface area contributed by atoms with Crippen molar-refractivity contribution >= 4 is 11.9 Å². The van der Waals surface area contributed by atoms with Crippen LogP contribution >= 0.6 is 0 Å². The topological polar surface area (TPSA) is 65.5 Å². The van der Waals surface area contributed by atoms with Gasteiger partial charge in [-0.3, -0.25) is 9.78 Å². The standard InChI is InChI=1S/C16H23NO4/c1-4-6-9-14(18)21-15(13-8-7-10-17-11-13)16(19)20-12(3)5-2/h7-8,10-12,15H,4-6,9H2,1-3H3. The number of carbonyl (C=O) groups excluding carboxylic acids is 2. The summed E-state index contributed by atoms with van der Waals surface area (Å²) in [6, 6.07) is 3.39. The van der Waals surface area contributed by atoms with Crippen LogP contribution in [-0.2, 0) is 19.1 Å². The lowest BCUT2D eigenvalue weighted by Crippen LogP contribution is -2.25. The number of aromatic nitrogens is 1. The van der Waals surface area contributed by atoms with Crippen molar-refractivity contribution in [3.05, 3.63) is 30.1 Å². The van der Waals surface area contributed by atoms with Crippen molar-refractivity contribution in [2.45, 2.75) is 58.7 Å². The van der Waals surface area contributed by atoms with Crippen molar-refractivity contribution < 1.29 is 19.1 Å². The highest BCUT2D eigenvalue weighted by Crippen LogP contribution is 2.20. The van der Waals surface area contributed by atoms with Gasteiger partial charge >= 0.3 is 11.9 Å². The molecular formula is C16H23NO4. The molecular weight excluding hydrogens is 270 g/mol. The van der Waals surface area contributed by atoms with Gasteiger partial charge in [0.25, 0.3) is 0 Å². The quantitative estimate of drug-likeness (QED) is 0.689. The third-order valence-corrected chi connectivity index (χ3v) is 3.08. The summed E-state index contributed by atoms with van der Waals surface area (Å²) in [6.45, 7) is 5.71. The first-order valence-corrected chi connectivity index (χ1v) is 7.38. The molecule has 0 aliphatic carbocycles. The molecule has 0 N–H and O–H groups in total. The van der Waals surface area contributed by atoms with E-state index in [-0.39, 0.29) is 6.10 Å². The van der Waals surface area contributed by atoms with E-state index in [1.165, 1.54) is 6.20 Å². The maximum Gasteiger partial charge on any atom is 0.352 e. The second-order valence-electron chi connectivity index (χ2n) is 4.92. The number of esters is 2. The highest BCUT2D eigenvalue weighted by molar-refractivity contribution is 5.80. The minimum atomic E-state index is -1.04. The summed E-state index contributed by atoms with van der Waals surface area (Å²) in [5.74, 6) is -0.950. The lowest BCUT2D eigenvalue weighted by Gasteiger charge is -2.19. The van der Waals surface area contributed by atoms with E-state index in [4.69, 9.17) is 9.47 Å². The summed E-state index contributed by atoms with van der Waals surface area (Å²) in [6.07, 6.45) is 4.47. The number of nitrogens with zero attached hydrogens (tertiary/aromatic N) is 1. The van der Waals surface area contributed by atoms with Gasteiger partial charge in [-0.1, -0.05) is 26.3 Å². The van der Waals surface area contributed by atoms with Crippen LogP contribution in [0.25, 0.3) is 0 Å². The number of hydrogen-bond acceptors (Lipinski definition) is 5. The lowest BCUT2D eigenvalue weighted by molar-refractivity contribution is -0.171. The second kappa shape index (κ2) is 9.10. The fraction of sp³-hybridized carbons (Fsp3) is 0.562. The van der Waals surface area contributed by atoms with Crippen molar-refractivity contribution in [1.82, 2.24) is 4.98 Å². The molecule has 1 aromatic rings. The molecule has 21 heavy (non-hydrogen) atoms.